The minimum absolute atomic E-state index is 0.288. The Balaban J connectivity index is 2.64. The zero-order chi connectivity index (χ0) is 10.4. The molecule has 0 saturated carbocycles. The third-order valence-electron chi connectivity index (χ3n) is 1.62. The molecule has 0 saturated heterocycles. The first kappa shape index (κ1) is 10.8. The molecule has 2 radical (unpaired) electrons. The van der Waals surface area contributed by atoms with E-state index < -0.39 is 0 Å². The number of rotatable bonds is 4. The van der Waals surface area contributed by atoms with Crippen molar-refractivity contribution in [3.05, 3.63) is 41.9 Å². The summed E-state index contributed by atoms with van der Waals surface area (Å²) < 4.78 is 17.6. The van der Waals surface area contributed by atoms with Crippen LogP contribution in [0, 0.1) is 5.82 Å². The Bertz CT molecular complexity index is 310. The van der Waals surface area contributed by atoms with Gasteiger partial charge in [-0.3, -0.25) is 0 Å². The molecule has 0 atom stereocenters. The minimum atomic E-state index is -0.288. The van der Waals surface area contributed by atoms with E-state index in [1.54, 1.807) is 12.1 Å². The lowest BCUT2D eigenvalue weighted by molar-refractivity contribution is 0.261. The van der Waals surface area contributed by atoms with Crippen molar-refractivity contribution in [1.82, 2.24) is 0 Å². The van der Waals surface area contributed by atoms with E-state index in [-0.39, 0.29) is 5.82 Å². The second-order valence-corrected chi connectivity index (χ2v) is 2.74. The van der Waals surface area contributed by atoms with Gasteiger partial charge in [0.15, 0.2) is 0 Å². The Morgan fingerprint density at radius 2 is 2.07 bits per heavy atom. The van der Waals surface area contributed by atoms with Gasteiger partial charge in [-0.1, -0.05) is 17.6 Å². The summed E-state index contributed by atoms with van der Waals surface area (Å²) in [5.74, 6) is -0.288. The summed E-state index contributed by atoms with van der Waals surface area (Å²) in [4.78, 5) is 0. The molecule has 1 rings (SSSR count). The van der Waals surface area contributed by atoms with Gasteiger partial charge in [0.1, 0.15) is 13.7 Å². The largest absolute Gasteiger partial charge is 0.500 e. The van der Waals surface area contributed by atoms with Crippen molar-refractivity contribution in [2.24, 2.45) is 5.73 Å². The van der Waals surface area contributed by atoms with Gasteiger partial charge >= 0.3 is 0 Å². The smallest absolute Gasteiger partial charge is 0.123 e. The van der Waals surface area contributed by atoms with Crippen molar-refractivity contribution in [1.29, 1.82) is 0 Å². The number of hydrogen-bond donors (Lipinski definition) is 1. The van der Waals surface area contributed by atoms with Crippen LogP contribution in [0.2, 0.25) is 0 Å². The number of hydrogen-bond acceptors (Lipinski definition) is 2. The van der Waals surface area contributed by atoms with Crippen molar-refractivity contribution in [2.75, 3.05) is 13.2 Å². The fourth-order valence-electron chi connectivity index (χ4n) is 0.927. The minimum Gasteiger partial charge on any atom is -0.500 e. The zero-order valence-corrected chi connectivity index (χ0v) is 7.74. The number of nitrogens with two attached hydrogens (primary N) is 1. The Labute approximate surface area is 84.0 Å². The average molecular weight is 191 g/mol. The standard InChI is InChI=1S/C10H11BFNO/c11-10(7-14-6-5-13)8-1-3-9(12)4-2-8/h1-4,7H,5-6,13H2. The quantitative estimate of drug-likeness (QED) is 0.441. The van der Waals surface area contributed by atoms with Crippen molar-refractivity contribution in [2.45, 2.75) is 0 Å². The van der Waals surface area contributed by atoms with E-state index in [1.165, 1.54) is 18.4 Å². The molecule has 0 aliphatic heterocycles. The van der Waals surface area contributed by atoms with Crippen molar-refractivity contribution < 1.29 is 9.13 Å². The maximum atomic E-state index is 12.5. The lowest BCUT2D eigenvalue weighted by Gasteiger charge is -2.03. The van der Waals surface area contributed by atoms with Crippen LogP contribution < -0.4 is 5.73 Å². The molecule has 4 heteroatoms. The van der Waals surface area contributed by atoms with Gasteiger partial charge in [0.25, 0.3) is 0 Å². The molecule has 14 heavy (non-hydrogen) atoms. The maximum absolute atomic E-state index is 12.5. The van der Waals surface area contributed by atoms with E-state index in [0.717, 1.165) is 5.56 Å². The van der Waals surface area contributed by atoms with E-state index in [0.29, 0.717) is 18.6 Å². The van der Waals surface area contributed by atoms with Gasteiger partial charge in [0.05, 0.1) is 12.9 Å². The molecule has 0 amide bonds. The van der Waals surface area contributed by atoms with Crippen LogP contribution in [0.4, 0.5) is 4.39 Å². The van der Waals surface area contributed by atoms with E-state index in [9.17, 15) is 4.39 Å². The van der Waals surface area contributed by atoms with Gasteiger partial charge in [-0.15, -0.1) is 0 Å². The predicted molar refractivity (Wildman–Crippen MR) is 55.1 cm³/mol. The molecule has 2 N–H and O–H groups in total. The Morgan fingerprint density at radius 1 is 1.43 bits per heavy atom. The zero-order valence-electron chi connectivity index (χ0n) is 7.74. The fraction of sp³-hybridized carbons (Fsp3) is 0.200. The third-order valence-corrected chi connectivity index (χ3v) is 1.62. The summed E-state index contributed by atoms with van der Waals surface area (Å²) in [6, 6.07) is 5.87. The Hall–Kier alpha value is -1.29. The first-order chi connectivity index (χ1) is 6.74. The number of halogens is 1. The first-order valence-corrected chi connectivity index (χ1v) is 4.27. The molecule has 1 aromatic carbocycles. The summed E-state index contributed by atoms with van der Waals surface area (Å²) in [6.07, 6.45) is 1.42. The van der Waals surface area contributed by atoms with E-state index >= 15 is 0 Å². The highest BCUT2D eigenvalue weighted by molar-refractivity contribution is 6.42. The molecular weight excluding hydrogens is 180 g/mol. The van der Waals surface area contributed by atoms with Crippen LogP contribution in [-0.4, -0.2) is 21.0 Å². The van der Waals surface area contributed by atoms with Gasteiger partial charge in [0.2, 0.25) is 0 Å². The molecule has 0 spiro atoms. The SMILES string of the molecule is [B]C(=COCCN)c1ccc(F)cc1. The van der Waals surface area contributed by atoms with Crippen LogP contribution in [-0.2, 0) is 4.74 Å². The van der Waals surface area contributed by atoms with Crippen molar-refractivity contribution in [3.63, 3.8) is 0 Å². The molecule has 0 aromatic heterocycles. The average Bonchev–Trinajstić information content (AvgIpc) is 2.19. The lowest BCUT2D eigenvalue weighted by atomic mass is 9.90. The number of ether oxygens (including phenoxy) is 1. The predicted octanol–water partition coefficient (Wildman–Crippen LogP) is 1.27. The highest BCUT2D eigenvalue weighted by atomic mass is 19.1. The summed E-state index contributed by atoms with van der Waals surface area (Å²) in [5, 5.41) is 0. The van der Waals surface area contributed by atoms with Crippen LogP contribution in [0.1, 0.15) is 5.56 Å². The molecule has 0 bridgehead atoms. The van der Waals surface area contributed by atoms with Crippen LogP contribution >= 0.6 is 0 Å². The second-order valence-electron chi connectivity index (χ2n) is 2.74. The molecule has 1 aromatic rings. The highest BCUT2D eigenvalue weighted by Gasteiger charge is 1.95. The van der Waals surface area contributed by atoms with Crippen molar-refractivity contribution in [3.8, 4) is 0 Å². The Morgan fingerprint density at radius 3 is 2.64 bits per heavy atom. The van der Waals surface area contributed by atoms with Crippen molar-refractivity contribution >= 4 is 13.3 Å². The lowest BCUT2D eigenvalue weighted by Crippen LogP contribution is -2.05. The molecule has 0 aliphatic carbocycles. The summed E-state index contributed by atoms with van der Waals surface area (Å²) in [7, 11) is 5.66. The first-order valence-electron chi connectivity index (χ1n) is 4.27. The fourth-order valence-corrected chi connectivity index (χ4v) is 0.927. The summed E-state index contributed by atoms with van der Waals surface area (Å²) in [6.45, 7) is 0.856. The van der Waals surface area contributed by atoms with Crippen LogP contribution in [0.25, 0.3) is 5.47 Å². The van der Waals surface area contributed by atoms with E-state index in [1.807, 2.05) is 0 Å². The van der Waals surface area contributed by atoms with Gasteiger partial charge < -0.3 is 10.5 Å². The normalized spacial score (nSPS) is 11.4. The van der Waals surface area contributed by atoms with Crippen LogP contribution in [0.3, 0.4) is 0 Å². The second kappa shape index (κ2) is 5.45. The van der Waals surface area contributed by atoms with Gasteiger partial charge in [-0.25, -0.2) is 4.39 Å². The van der Waals surface area contributed by atoms with Crippen LogP contribution in [0.5, 0.6) is 0 Å². The van der Waals surface area contributed by atoms with Gasteiger partial charge in [0, 0.05) is 6.54 Å². The monoisotopic (exact) mass is 191 g/mol. The molecule has 2 nitrogen and oxygen atoms in total. The van der Waals surface area contributed by atoms with Gasteiger partial charge in [-0.05, 0) is 17.7 Å². The maximum Gasteiger partial charge on any atom is 0.123 e. The molecule has 0 heterocycles. The van der Waals surface area contributed by atoms with E-state index in [2.05, 4.69) is 0 Å². The van der Waals surface area contributed by atoms with E-state index in [4.69, 9.17) is 18.3 Å². The topological polar surface area (TPSA) is 35.2 Å². The summed E-state index contributed by atoms with van der Waals surface area (Å²) in [5.41, 5.74) is 6.41. The number of benzene rings is 1. The molecule has 72 valence electrons. The highest BCUT2D eigenvalue weighted by Crippen LogP contribution is 2.11. The Kier molecular flexibility index (Phi) is 4.20. The third kappa shape index (κ3) is 3.22. The molecule has 0 aliphatic rings. The molecule has 0 fully saturated rings. The summed E-state index contributed by atoms with van der Waals surface area (Å²) >= 11 is 0. The molecular formula is C10H11BFNO. The van der Waals surface area contributed by atoms with Gasteiger partial charge in [-0.2, -0.15) is 0 Å². The molecule has 0 unspecified atom stereocenters. The van der Waals surface area contributed by atoms with Crippen LogP contribution in [0.15, 0.2) is 30.5 Å².